The zero-order chi connectivity index (χ0) is 29.1. The van der Waals surface area contributed by atoms with Crippen molar-refractivity contribution in [2.45, 2.75) is 6.61 Å². The van der Waals surface area contributed by atoms with Crippen LogP contribution in [0, 0.1) is 17.5 Å². The number of carboxylic acids is 1. The van der Waals surface area contributed by atoms with Gasteiger partial charge in [0.25, 0.3) is 0 Å². The van der Waals surface area contributed by atoms with Crippen LogP contribution in [0.15, 0.2) is 29.6 Å². The summed E-state index contributed by atoms with van der Waals surface area (Å²) >= 11 is 0.803. The number of carboxylic acid groups (broad SMARTS) is 1. The van der Waals surface area contributed by atoms with Crippen molar-refractivity contribution in [2.75, 3.05) is 39.3 Å². The summed E-state index contributed by atoms with van der Waals surface area (Å²) in [7, 11) is 3.46. The molecule has 0 unspecified atom stereocenters. The van der Waals surface area contributed by atoms with Crippen molar-refractivity contribution >= 4 is 35.0 Å². The van der Waals surface area contributed by atoms with Gasteiger partial charge < -0.3 is 28.9 Å². The number of thiophene rings is 1. The maximum Gasteiger partial charge on any atom is 0.374 e. The zero-order valence-electron chi connectivity index (χ0n) is 21.2. The minimum Gasteiger partial charge on any atom is -0.493 e. The van der Waals surface area contributed by atoms with E-state index in [4.69, 9.17) is 23.8 Å². The van der Waals surface area contributed by atoms with Crippen LogP contribution in [-0.4, -0.2) is 62.6 Å². The summed E-state index contributed by atoms with van der Waals surface area (Å²) in [5, 5.41) is 11.0. The van der Waals surface area contributed by atoms with Gasteiger partial charge in [-0.15, -0.1) is 11.3 Å². The molecule has 0 aliphatic carbocycles. The van der Waals surface area contributed by atoms with Crippen LogP contribution in [0.2, 0.25) is 0 Å². The first kappa shape index (κ1) is 28.4. The second-order valence-corrected chi connectivity index (χ2v) is 9.02. The van der Waals surface area contributed by atoms with Crippen LogP contribution in [0.3, 0.4) is 0 Å². The summed E-state index contributed by atoms with van der Waals surface area (Å²) in [6.07, 6.45) is 0. The Morgan fingerprint density at radius 2 is 1.77 bits per heavy atom. The molecule has 11 nitrogen and oxygen atoms in total. The second-order valence-electron chi connectivity index (χ2n) is 8.10. The van der Waals surface area contributed by atoms with Gasteiger partial charge in [0.15, 0.2) is 40.4 Å². The van der Waals surface area contributed by atoms with E-state index in [1.807, 2.05) is 0 Å². The van der Waals surface area contributed by atoms with E-state index >= 15 is 0 Å². The lowest BCUT2D eigenvalue weighted by Gasteiger charge is -2.25. The van der Waals surface area contributed by atoms with Crippen LogP contribution in [0.5, 0.6) is 23.0 Å². The van der Waals surface area contributed by atoms with E-state index in [9.17, 15) is 32.7 Å². The van der Waals surface area contributed by atoms with Crippen LogP contribution >= 0.6 is 11.3 Å². The first-order valence-corrected chi connectivity index (χ1v) is 12.2. The number of aromatic carboxylic acids is 1. The van der Waals surface area contributed by atoms with Crippen LogP contribution in [0.25, 0.3) is 0 Å². The van der Waals surface area contributed by atoms with Crippen molar-refractivity contribution in [1.82, 2.24) is 5.06 Å². The highest BCUT2D eigenvalue weighted by Crippen LogP contribution is 2.39. The van der Waals surface area contributed by atoms with Gasteiger partial charge >= 0.3 is 18.0 Å². The number of fused-ring (bicyclic) bond motifs is 1. The van der Waals surface area contributed by atoms with Gasteiger partial charge in [-0.2, -0.15) is 5.06 Å². The average Bonchev–Trinajstić information content (AvgIpc) is 3.43. The Hall–Kier alpha value is -4.66. The molecule has 212 valence electrons. The lowest BCUT2D eigenvalue weighted by atomic mass is 10.1. The molecule has 0 bridgehead atoms. The number of anilines is 1. The van der Waals surface area contributed by atoms with Gasteiger partial charge in [-0.3, -0.25) is 4.90 Å². The maximum absolute atomic E-state index is 15.0. The van der Waals surface area contributed by atoms with Crippen molar-refractivity contribution in [3.8, 4) is 23.0 Å². The van der Waals surface area contributed by atoms with Crippen molar-refractivity contribution in [2.24, 2.45) is 0 Å². The monoisotopic (exact) mass is 582 g/mol. The zero-order valence-corrected chi connectivity index (χ0v) is 22.0. The molecular weight excluding hydrogens is 561 g/mol. The fraction of sp³-hybridized carbons (Fsp3) is 0.240. The molecule has 40 heavy (non-hydrogen) atoms. The van der Waals surface area contributed by atoms with Gasteiger partial charge in [0.2, 0.25) is 0 Å². The van der Waals surface area contributed by atoms with E-state index in [-0.39, 0.29) is 57.9 Å². The second kappa shape index (κ2) is 11.6. The number of carbonyl (C=O) groups is 3. The fourth-order valence-corrected chi connectivity index (χ4v) is 4.44. The average molecular weight is 583 g/mol. The van der Waals surface area contributed by atoms with Gasteiger partial charge in [0.05, 0.1) is 31.0 Å². The number of urea groups is 1. The molecule has 2 amide bonds. The number of methoxy groups -OCH3 is 1. The summed E-state index contributed by atoms with van der Waals surface area (Å²) in [6, 6.07) is 3.02. The van der Waals surface area contributed by atoms with Gasteiger partial charge in [-0.05, 0) is 11.4 Å². The highest BCUT2D eigenvalue weighted by atomic mass is 32.1. The molecule has 1 aliphatic rings. The Bertz CT molecular complexity index is 1480. The quantitative estimate of drug-likeness (QED) is 0.402. The molecule has 0 fully saturated rings. The summed E-state index contributed by atoms with van der Waals surface area (Å²) in [6.45, 7) is -0.325. The molecule has 1 aromatic heterocycles. The summed E-state index contributed by atoms with van der Waals surface area (Å²) in [5.74, 6) is -6.12. The number of hydrogen-bond donors (Lipinski definition) is 1. The molecule has 0 spiro atoms. The third kappa shape index (κ3) is 5.54. The number of nitrogens with zero attached hydrogens (tertiary/aromatic N) is 2. The predicted molar refractivity (Wildman–Crippen MR) is 133 cm³/mol. The summed E-state index contributed by atoms with van der Waals surface area (Å²) in [4.78, 5) is 42.1. The van der Waals surface area contributed by atoms with E-state index in [1.165, 1.54) is 25.6 Å². The summed E-state index contributed by atoms with van der Waals surface area (Å²) < 4.78 is 65.2. The molecule has 0 saturated heterocycles. The molecule has 2 aromatic carbocycles. The lowest BCUT2D eigenvalue weighted by Crippen LogP contribution is -2.40. The fourth-order valence-electron chi connectivity index (χ4n) is 3.68. The normalized spacial score (nSPS) is 11.9. The van der Waals surface area contributed by atoms with Crippen molar-refractivity contribution in [3.63, 3.8) is 0 Å². The molecule has 15 heteroatoms. The van der Waals surface area contributed by atoms with E-state index in [2.05, 4.69) is 0 Å². The third-order valence-corrected chi connectivity index (χ3v) is 6.54. The van der Waals surface area contributed by atoms with E-state index in [0.29, 0.717) is 5.06 Å². The van der Waals surface area contributed by atoms with Gasteiger partial charge in [-0.25, -0.2) is 27.6 Å². The Kier molecular flexibility index (Phi) is 8.23. The standard InChI is InChI=1S/C25H21F3N2O9S/c1-29(25(34)30(2)39-24(33)22-12(23(31)32)4-7-40-22)16-10-18(17(35-3)8-14(16)26)38-11-13-20(28)15(27)9-19-21(13)37-6-5-36-19/h4,7-10H,5-6,11H2,1-3H3,(H,31,32). The lowest BCUT2D eigenvalue weighted by molar-refractivity contribution is -0.0539. The predicted octanol–water partition coefficient (Wildman–Crippen LogP) is 4.48. The van der Waals surface area contributed by atoms with Crippen molar-refractivity contribution < 1.29 is 56.4 Å². The molecule has 3 aromatic rings. The Morgan fingerprint density at radius 1 is 1.05 bits per heavy atom. The SMILES string of the molecule is COc1cc(F)c(N(C)C(=O)N(C)OC(=O)c2sccc2C(=O)O)cc1OCc1c(F)c(F)cc2c1OCCO2. The number of halogens is 3. The molecule has 1 N–H and O–H groups in total. The number of benzene rings is 2. The van der Waals surface area contributed by atoms with E-state index in [1.54, 1.807) is 0 Å². The van der Waals surface area contributed by atoms with Crippen molar-refractivity contribution in [1.29, 1.82) is 0 Å². The molecule has 4 rings (SSSR count). The number of rotatable bonds is 7. The van der Waals surface area contributed by atoms with Crippen LogP contribution in [0.1, 0.15) is 25.6 Å². The molecule has 2 heterocycles. The number of ether oxygens (including phenoxy) is 4. The number of hydrogen-bond acceptors (Lipinski definition) is 9. The minimum absolute atomic E-state index is 0.00329. The first-order valence-electron chi connectivity index (χ1n) is 11.3. The van der Waals surface area contributed by atoms with E-state index in [0.717, 1.165) is 41.5 Å². The number of carbonyl (C=O) groups excluding carboxylic acids is 2. The molecule has 0 radical (unpaired) electrons. The smallest absolute Gasteiger partial charge is 0.374 e. The van der Waals surface area contributed by atoms with Gasteiger partial charge in [0.1, 0.15) is 24.7 Å². The first-order chi connectivity index (χ1) is 19.0. The number of hydroxylamine groups is 2. The van der Waals surface area contributed by atoms with Crippen LogP contribution < -0.4 is 23.8 Å². The third-order valence-electron chi connectivity index (χ3n) is 5.64. The topological polar surface area (TPSA) is 124 Å². The molecule has 0 saturated carbocycles. The van der Waals surface area contributed by atoms with Gasteiger partial charge in [-0.1, -0.05) is 0 Å². The highest BCUT2D eigenvalue weighted by molar-refractivity contribution is 7.12. The van der Waals surface area contributed by atoms with Crippen molar-refractivity contribution in [3.05, 3.63) is 63.1 Å². The van der Waals surface area contributed by atoms with Gasteiger partial charge in [0, 0.05) is 25.2 Å². The Morgan fingerprint density at radius 3 is 2.48 bits per heavy atom. The largest absolute Gasteiger partial charge is 0.493 e. The number of amides is 2. The molecule has 1 aliphatic heterocycles. The Balaban J connectivity index is 1.55. The molecule has 0 atom stereocenters. The highest BCUT2D eigenvalue weighted by Gasteiger charge is 2.28. The minimum atomic E-state index is -1.36. The van der Waals surface area contributed by atoms with Crippen LogP contribution in [0.4, 0.5) is 23.7 Å². The van der Waals surface area contributed by atoms with Crippen LogP contribution in [-0.2, 0) is 11.4 Å². The Labute approximate surface area is 228 Å². The summed E-state index contributed by atoms with van der Waals surface area (Å²) in [5.41, 5.74) is -0.944. The van der Waals surface area contributed by atoms with E-state index < -0.39 is 42.0 Å². The molecular formula is C25H21F3N2O9S. The maximum atomic E-state index is 15.0.